The summed E-state index contributed by atoms with van der Waals surface area (Å²) >= 11 is 5.17. The Hall–Kier alpha value is -3.91. The van der Waals surface area contributed by atoms with Crippen molar-refractivity contribution in [3.05, 3.63) is 77.9 Å². The molecule has 32 heavy (non-hydrogen) atoms. The first-order chi connectivity index (χ1) is 15.4. The summed E-state index contributed by atoms with van der Waals surface area (Å²) in [5.41, 5.74) is 4.84. The van der Waals surface area contributed by atoms with Crippen molar-refractivity contribution < 1.29 is 14.4 Å². The van der Waals surface area contributed by atoms with E-state index in [1.54, 1.807) is 12.1 Å². The molecular weight excluding hydrogens is 424 g/mol. The zero-order valence-electron chi connectivity index (χ0n) is 17.2. The minimum atomic E-state index is -1.21. The van der Waals surface area contributed by atoms with Crippen LogP contribution in [0.2, 0.25) is 0 Å². The SMILES string of the molecule is Cc1ccc(N2C(=O)[C@@H](/C=N/NC(=O)Cc3cccc4ccccc34)C(=O)NC2=S)cc1. The predicted octanol–water partition coefficient (Wildman–Crippen LogP) is 2.86. The lowest BCUT2D eigenvalue weighted by Gasteiger charge is -2.30. The van der Waals surface area contributed by atoms with Crippen molar-refractivity contribution in [1.82, 2.24) is 10.7 Å². The molecule has 0 saturated carbocycles. The number of fused-ring (bicyclic) bond motifs is 1. The summed E-state index contributed by atoms with van der Waals surface area (Å²) in [6.45, 7) is 1.93. The van der Waals surface area contributed by atoms with Crippen LogP contribution in [0.3, 0.4) is 0 Å². The van der Waals surface area contributed by atoms with E-state index in [1.165, 1.54) is 4.90 Å². The zero-order valence-corrected chi connectivity index (χ0v) is 18.1. The average Bonchev–Trinajstić information content (AvgIpc) is 2.77. The van der Waals surface area contributed by atoms with Crippen LogP contribution < -0.4 is 15.6 Å². The number of hydrogen-bond acceptors (Lipinski definition) is 5. The third-order valence-electron chi connectivity index (χ3n) is 5.14. The van der Waals surface area contributed by atoms with Gasteiger partial charge in [-0.2, -0.15) is 5.10 Å². The van der Waals surface area contributed by atoms with Gasteiger partial charge in [-0.3, -0.25) is 19.3 Å². The summed E-state index contributed by atoms with van der Waals surface area (Å²) in [6, 6.07) is 20.7. The van der Waals surface area contributed by atoms with Crippen molar-refractivity contribution >= 4 is 57.7 Å². The molecule has 1 aliphatic heterocycles. The number of amides is 3. The van der Waals surface area contributed by atoms with Crippen LogP contribution in [0.5, 0.6) is 0 Å². The summed E-state index contributed by atoms with van der Waals surface area (Å²) in [5.74, 6) is -2.68. The summed E-state index contributed by atoms with van der Waals surface area (Å²) < 4.78 is 0. The van der Waals surface area contributed by atoms with Gasteiger partial charge in [-0.15, -0.1) is 0 Å². The molecule has 1 aliphatic rings. The monoisotopic (exact) mass is 444 g/mol. The number of anilines is 1. The Morgan fingerprint density at radius 2 is 1.81 bits per heavy atom. The molecule has 0 spiro atoms. The molecule has 1 saturated heterocycles. The van der Waals surface area contributed by atoms with Crippen LogP contribution >= 0.6 is 12.2 Å². The first-order valence-corrected chi connectivity index (χ1v) is 10.4. The zero-order chi connectivity index (χ0) is 22.7. The maximum absolute atomic E-state index is 12.9. The molecule has 3 aromatic rings. The number of nitrogens with zero attached hydrogens (tertiary/aromatic N) is 2. The molecule has 0 unspecified atom stereocenters. The van der Waals surface area contributed by atoms with Crippen molar-refractivity contribution in [3.63, 3.8) is 0 Å². The number of nitrogens with one attached hydrogen (secondary N) is 2. The number of aryl methyl sites for hydroxylation is 1. The van der Waals surface area contributed by atoms with Crippen molar-refractivity contribution in [2.24, 2.45) is 11.0 Å². The number of hydrazone groups is 1. The second-order valence-electron chi connectivity index (χ2n) is 7.41. The van der Waals surface area contributed by atoms with E-state index < -0.39 is 17.7 Å². The molecule has 4 rings (SSSR count). The van der Waals surface area contributed by atoms with Crippen molar-refractivity contribution in [2.45, 2.75) is 13.3 Å². The molecule has 7 nitrogen and oxygen atoms in total. The second-order valence-corrected chi connectivity index (χ2v) is 7.80. The molecule has 0 aliphatic carbocycles. The Balaban J connectivity index is 1.45. The molecule has 3 aromatic carbocycles. The topological polar surface area (TPSA) is 90.9 Å². The first kappa shape index (κ1) is 21.3. The molecule has 160 valence electrons. The van der Waals surface area contributed by atoms with E-state index in [1.807, 2.05) is 61.5 Å². The first-order valence-electron chi connectivity index (χ1n) is 9.98. The number of carbonyl (C=O) groups is 3. The molecule has 0 bridgehead atoms. The van der Waals surface area contributed by atoms with Gasteiger partial charge in [0.15, 0.2) is 11.0 Å². The Morgan fingerprint density at radius 3 is 2.59 bits per heavy atom. The molecular formula is C24H20N4O3S. The average molecular weight is 445 g/mol. The number of benzene rings is 3. The molecule has 2 N–H and O–H groups in total. The van der Waals surface area contributed by atoms with Crippen LogP contribution in [0.15, 0.2) is 71.8 Å². The van der Waals surface area contributed by atoms with Gasteiger partial charge in [0.2, 0.25) is 11.8 Å². The van der Waals surface area contributed by atoms with Crippen molar-refractivity contribution in [1.29, 1.82) is 0 Å². The number of rotatable bonds is 5. The van der Waals surface area contributed by atoms with Gasteiger partial charge in [-0.05, 0) is 47.6 Å². The molecule has 0 radical (unpaired) electrons. The van der Waals surface area contributed by atoms with E-state index in [-0.39, 0.29) is 17.4 Å². The van der Waals surface area contributed by atoms with Crippen LogP contribution in [0.25, 0.3) is 10.8 Å². The van der Waals surface area contributed by atoms with Gasteiger partial charge in [-0.1, -0.05) is 60.2 Å². The van der Waals surface area contributed by atoms with Gasteiger partial charge in [0.25, 0.3) is 5.91 Å². The van der Waals surface area contributed by atoms with E-state index in [9.17, 15) is 14.4 Å². The van der Waals surface area contributed by atoms with Crippen LogP contribution in [0.1, 0.15) is 11.1 Å². The largest absolute Gasteiger partial charge is 0.301 e. The van der Waals surface area contributed by atoms with Crippen molar-refractivity contribution in [2.75, 3.05) is 4.90 Å². The smallest absolute Gasteiger partial charge is 0.251 e. The molecule has 8 heteroatoms. The Morgan fingerprint density at radius 1 is 1.09 bits per heavy atom. The quantitative estimate of drug-likeness (QED) is 0.274. The molecule has 0 aromatic heterocycles. The number of hydrogen-bond donors (Lipinski definition) is 2. The van der Waals surface area contributed by atoms with Crippen LogP contribution in [-0.2, 0) is 20.8 Å². The second kappa shape index (κ2) is 9.07. The van der Waals surface area contributed by atoms with Crippen LogP contribution in [0, 0.1) is 12.8 Å². The predicted molar refractivity (Wildman–Crippen MR) is 127 cm³/mol. The summed E-state index contributed by atoms with van der Waals surface area (Å²) in [6.07, 6.45) is 1.24. The lowest BCUT2D eigenvalue weighted by molar-refractivity contribution is -0.130. The van der Waals surface area contributed by atoms with E-state index in [0.717, 1.165) is 28.1 Å². The fourth-order valence-corrected chi connectivity index (χ4v) is 3.80. The fraction of sp³-hybridized carbons (Fsp3) is 0.125. The minimum Gasteiger partial charge on any atom is -0.301 e. The maximum Gasteiger partial charge on any atom is 0.251 e. The third-order valence-corrected chi connectivity index (χ3v) is 5.42. The number of thiocarbonyl (C=S) groups is 1. The molecule has 1 atom stereocenters. The highest BCUT2D eigenvalue weighted by atomic mass is 32.1. The highest BCUT2D eigenvalue weighted by molar-refractivity contribution is 7.80. The van der Waals surface area contributed by atoms with Gasteiger partial charge in [0.05, 0.1) is 12.1 Å². The van der Waals surface area contributed by atoms with E-state index in [2.05, 4.69) is 15.8 Å². The molecule has 1 fully saturated rings. The maximum atomic E-state index is 12.9. The standard InChI is InChI=1S/C24H20N4O3S/c1-15-9-11-18(12-10-15)28-23(31)20(22(30)26-24(28)32)14-25-27-21(29)13-17-7-4-6-16-5-2-3-8-19(16)17/h2-12,14,20H,13H2,1H3,(H,27,29)(H,26,30,32)/b25-14+/t20-/m0/s1. The van der Waals surface area contributed by atoms with Gasteiger partial charge < -0.3 is 5.32 Å². The van der Waals surface area contributed by atoms with E-state index in [4.69, 9.17) is 12.2 Å². The molecule has 3 amide bonds. The van der Waals surface area contributed by atoms with Crippen LogP contribution in [0.4, 0.5) is 5.69 Å². The molecule has 1 heterocycles. The number of carbonyl (C=O) groups excluding carboxylic acids is 3. The minimum absolute atomic E-state index is 0.00787. The van der Waals surface area contributed by atoms with Gasteiger partial charge >= 0.3 is 0 Å². The lowest BCUT2D eigenvalue weighted by atomic mass is 10.0. The van der Waals surface area contributed by atoms with E-state index >= 15 is 0 Å². The highest BCUT2D eigenvalue weighted by Crippen LogP contribution is 2.21. The Kier molecular flexibility index (Phi) is 6.04. The summed E-state index contributed by atoms with van der Waals surface area (Å²) in [4.78, 5) is 38.9. The Labute approximate surface area is 190 Å². The fourth-order valence-electron chi connectivity index (χ4n) is 3.50. The van der Waals surface area contributed by atoms with Gasteiger partial charge in [0.1, 0.15) is 0 Å². The van der Waals surface area contributed by atoms with E-state index in [0.29, 0.717) is 5.69 Å². The summed E-state index contributed by atoms with van der Waals surface area (Å²) in [7, 11) is 0. The van der Waals surface area contributed by atoms with Gasteiger partial charge in [-0.25, -0.2) is 5.43 Å². The lowest BCUT2D eigenvalue weighted by Crippen LogP contribution is -2.58. The third kappa shape index (κ3) is 4.40. The van der Waals surface area contributed by atoms with Gasteiger partial charge in [0, 0.05) is 6.21 Å². The van der Waals surface area contributed by atoms with Crippen molar-refractivity contribution in [3.8, 4) is 0 Å². The summed E-state index contributed by atoms with van der Waals surface area (Å²) in [5, 5.41) is 8.41. The normalized spacial score (nSPS) is 16.5. The highest BCUT2D eigenvalue weighted by Gasteiger charge is 2.38. The van der Waals surface area contributed by atoms with Crippen LogP contribution in [-0.4, -0.2) is 29.0 Å². The Bertz CT molecular complexity index is 1250.